The van der Waals surface area contributed by atoms with Crippen molar-refractivity contribution in [1.29, 1.82) is 0 Å². The van der Waals surface area contributed by atoms with E-state index in [-0.39, 0.29) is 10.0 Å². The molecule has 0 aliphatic heterocycles. The molecule has 7 heteroatoms. The topological polar surface area (TPSA) is 34.1 Å². The molecule has 0 heterocycles. The fourth-order valence-electron chi connectivity index (χ4n) is 0.710. The average molecular weight is 294 g/mol. The molecule has 0 spiro atoms. The molecule has 1 rings (SSSR count). The average Bonchev–Trinajstić information content (AvgIpc) is 2.13. The van der Waals surface area contributed by atoms with Crippen LogP contribution in [0.1, 0.15) is 13.8 Å². The van der Waals surface area contributed by atoms with Crippen LogP contribution in [-0.4, -0.2) is 8.42 Å². The van der Waals surface area contributed by atoms with Gasteiger partial charge in [-0.25, -0.2) is 12.8 Å². The summed E-state index contributed by atoms with van der Waals surface area (Å²) in [5.74, 6) is -1.10. The Kier molecular flexibility index (Phi) is 5.88. The van der Waals surface area contributed by atoms with Gasteiger partial charge in [0.2, 0.25) is 0 Å². The maximum absolute atomic E-state index is 13.0. The third kappa shape index (κ3) is 4.15. The lowest BCUT2D eigenvalue weighted by molar-refractivity contribution is 0.576. The van der Waals surface area contributed by atoms with Gasteiger partial charge in [-0.15, -0.1) is 0 Å². The standard InChI is InChI=1S/C6H2Cl3FO2S.C2H6/c7-3-1-4(8)6(10)5(2-3)13(9,11)12;1-2/h1-2H;1-2H3. The number of benzene rings is 1. The summed E-state index contributed by atoms with van der Waals surface area (Å²) in [5.41, 5.74) is 0. The fourth-order valence-corrected chi connectivity index (χ4v) is 2.25. The summed E-state index contributed by atoms with van der Waals surface area (Å²) < 4.78 is 34.6. The third-order valence-electron chi connectivity index (χ3n) is 1.22. The van der Waals surface area contributed by atoms with E-state index in [0.29, 0.717) is 0 Å². The largest absolute Gasteiger partial charge is 0.264 e. The molecule has 0 radical (unpaired) electrons. The number of hydrogen-bond donors (Lipinski definition) is 0. The Labute approximate surface area is 102 Å². The first-order valence-electron chi connectivity index (χ1n) is 3.91. The van der Waals surface area contributed by atoms with E-state index in [0.717, 1.165) is 12.1 Å². The molecule has 15 heavy (non-hydrogen) atoms. The molecule has 0 fully saturated rings. The van der Waals surface area contributed by atoms with Gasteiger partial charge >= 0.3 is 0 Å². The molecule has 0 unspecified atom stereocenters. The van der Waals surface area contributed by atoms with Crippen molar-refractivity contribution in [3.05, 3.63) is 28.0 Å². The molecule has 0 aliphatic rings. The van der Waals surface area contributed by atoms with Gasteiger partial charge in [0.1, 0.15) is 4.90 Å². The van der Waals surface area contributed by atoms with Crippen LogP contribution in [0.5, 0.6) is 0 Å². The first kappa shape index (κ1) is 15.0. The summed E-state index contributed by atoms with van der Waals surface area (Å²) in [7, 11) is 0.773. The second kappa shape index (κ2) is 5.89. The lowest BCUT2D eigenvalue weighted by Crippen LogP contribution is -1.95. The summed E-state index contributed by atoms with van der Waals surface area (Å²) in [4.78, 5) is -0.716. The van der Waals surface area contributed by atoms with Gasteiger partial charge in [0.05, 0.1) is 5.02 Å². The summed E-state index contributed by atoms with van der Waals surface area (Å²) in [6.45, 7) is 4.00. The SMILES string of the molecule is CC.O=S(=O)(Cl)c1cc(Cl)cc(Cl)c1F. The van der Waals surface area contributed by atoms with E-state index in [2.05, 4.69) is 0 Å². The molecule has 1 aromatic rings. The van der Waals surface area contributed by atoms with Crippen molar-refractivity contribution in [1.82, 2.24) is 0 Å². The van der Waals surface area contributed by atoms with Crippen LogP contribution < -0.4 is 0 Å². The van der Waals surface area contributed by atoms with Crippen LogP contribution in [0.4, 0.5) is 4.39 Å². The first-order valence-corrected chi connectivity index (χ1v) is 6.98. The van der Waals surface area contributed by atoms with Crippen LogP contribution in [0, 0.1) is 5.82 Å². The molecule has 0 atom stereocenters. The maximum atomic E-state index is 13.0. The van der Waals surface area contributed by atoms with Gasteiger partial charge in [0, 0.05) is 15.7 Å². The Morgan fingerprint density at radius 3 is 2.07 bits per heavy atom. The van der Waals surface area contributed by atoms with Crippen LogP contribution >= 0.6 is 33.9 Å². The van der Waals surface area contributed by atoms with Crippen molar-refractivity contribution in [3.8, 4) is 0 Å². The smallest absolute Gasteiger partial charge is 0.207 e. The molecular formula is C8H8Cl3FO2S. The van der Waals surface area contributed by atoms with Gasteiger partial charge in [-0.1, -0.05) is 37.0 Å². The lowest BCUT2D eigenvalue weighted by atomic mass is 10.3. The Bertz CT molecular complexity index is 445. The molecule has 2 nitrogen and oxygen atoms in total. The second-order valence-electron chi connectivity index (χ2n) is 2.14. The third-order valence-corrected chi connectivity index (χ3v) is 3.04. The normalized spacial score (nSPS) is 10.5. The highest BCUT2D eigenvalue weighted by Gasteiger charge is 2.19. The van der Waals surface area contributed by atoms with E-state index in [9.17, 15) is 12.8 Å². The molecule has 0 aromatic heterocycles. The molecule has 1 aromatic carbocycles. The van der Waals surface area contributed by atoms with Gasteiger partial charge in [0.15, 0.2) is 5.82 Å². The predicted octanol–water partition coefficient (Wildman–Crippen LogP) is 4.09. The maximum Gasteiger partial charge on any atom is 0.264 e. The Hall–Kier alpha value is -0.0300. The summed E-state index contributed by atoms with van der Waals surface area (Å²) in [6, 6.07) is 1.98. The van der Waals surface area contributed by atoms with E-state index in [1.54, 1.807) is 0 Å². The highest BCUT2D eigenvalue weighted by atomic mass is 35.7. The molecule has 86 valence electrons. The van der Waals surface area contributed by atoms with E-state index in [1.165, 1.54) is 0 Å². The van der Waals surface area contributed by atoms with Crippen molar-refractivity contribution < 1.29 is 12.8 Å². The molecule has 0 N–H and O–H groups in total. The van der Waals surface area contributed by atoms with Gasteiger partial charge < -0.3 is 0 Å². The zero-order valence-corrected chi connectivity index (χ0v) is 11.0. The van der Waals surface area contributed by atoms with Crippen molar-refractivity contribution in [2.45, 2.75) is 18.7 Å². The van der Waals surface area contributed by atoms with Gasteiger partial charge in [-0.2, -0.15) is 0 Å². The summed E-state index contributed by atoms with van der Waals surface area (Å²) in [6.07, 6.45) is 0. The highest BCUT2D eigenvalue weighted by Crippen LogP contribution is 2.28. The van der Waals surface area contributed by atoms with E-state index in [1.807, 2.05) is 13.8 Å². The Morgan fingerprint density at radius 1 is 1.20 bits per heavy atom. The van der Waals surface area contributed by atoms with Crippen LogP contribution in [-0.2, 0) is 9.05 Å². The summed E-state index contributed by atoms with van der Waals surface area (Å²) in [5, 5.41) is -0.377. The minimum absolute atomic E-state index is 0.00521. The highest BCUT2D eigenvalue weighted by molar-refractivity contribution is 8.13. The van der Waals surface area contributed by atoms with Crippen molar-refractivity contribution in [2.24, 2.45) is 0 Å². The lowest BCUT2D eigenvalue weighted by Gasteiger charge is -2.01. The zero-order valence-electron chi connectivity index (χ0n) is 7.89. The minimum Gasteiger partial charge on any atom is -0.207 e. The number of rotatable bonds is 1. The molecule has 0 bridgehead atoms. The van der Waals surface area contributed by atoms with E-state index >= 15 is 0 Å². The Balaban J connectivity index is 0.000000921. The minimum atomic E-state index is -4.15. The molecule has 0 aliphatic carbocycles. The monoisotopic (exact) mass is 292 g/mol. The van der Waals surface area contributed by atoms with E-state index < -0.39 is 19.8 Å². The van der Waals surface area contributed by atoms with Gasteiger partial charge in [0.25, 0.3) is 9.05 Å². The molecule has 0 saturated heterocycles. The fraction of sp³-hybridized carbons (Fsp3) is 0.250. The first-order chi connectivity index (χ1) is 6.82. The number of hydrogen-bond acceptors (Lipinski definition) is 2. The predicted molar refractivity (Wildman–Crippen MR) is 60.8 cm³/mol. The van der Waals surface area contributed by atoms with Gasteiger partial charge in [-0.3, -0.25) is 0 Å². The van der Waals surface area contributed by atoms with Crippen molar-refractivity contribution >= 4 is 42.9 Å². The molecular weight excluding hydrogens is 286 g/mol. The summed E-state index contributed by atoms with van der Waals surface area (Å²) >= 11 is 10.8. The van der Waals surface area contributed by atoms with Crippen LogP contribution in [0.2, 0.25) is 10.0 Å². The number of halogens is 4. The zero-order chi connectivity index (χ0) is 12.2. The van der Waals surface area contributed by atoms with Crippen LogP contribution in [0.25, 0.3) is 0 Å². The van der Waals surface area contributed by atoms with Crippen molar-refractivity contribution in [2.75, 3.05) is 0 Å². The second-order valence-corrected chi connectivity index (χ2v) is 5.52. The van der Waals surface area contributed by atoms with Crippen LogP contribution in [0.3, 0.4) is 0 Å². The quantitative estimate of drug-likeness (QED) is 0.577. The van der Waals surface area contributed by atoms with E-state index in [4.69, 9.17) is 33.9 Å². The van der Waals surface area contributed by atoms with Crippen LogP contribution in [0.15, 0.2) is 17.0 Å². The molecule has 0 amide bonds. The Morgan fingerprint density at radius 2 is 1.67 bits per heavy atom. The van der Waals surface area contributed by atoms with Crippen molar-refractivity contribution in [3.63, 3.8) is 0 Å². The molecule has 0 saturated carbocycles. The van der Waals surface area contributed by atoms with Gasteiger partial charge in [-0.05, 0) is 12.1 Å².